The Morgan fingerprint density at radius 1 is 1.50 bits per heavy atom. The van der Waals surface area contributed by atoms with Gasteiger partial charge in [-0.3, -0.25) is 4.79 Å². The van der Waals surface area contributed by atoms with Crippen LogP contribution in [0.25, 0.3) is 0 Å². The maximum absolute atomic E-state index is 12.6. The molecule has 1 amide bonds. The summed E-state index contributed by atoms with van der Waals surface area (Å²) in [6.45, 7) is 0.621. The molecular formula is C13H18FN3O. The summed E-state index contributed by atoms with van der Waals surface area (Å²) in [6.07, 6.45) is 4.66. The number of aromatic nitrogens is 1. The van der Waals surface area contributed by atoms with Crippen LogP contribution in [0.15, 0.2) is 18.3 Å². The predicted octanol–water partition coefficient (Wildman–Crippen LogP) is 1.43. The molecule has 1 aliphatic carbocycles. The van der Waals surface area contributed by atoms with Gasteiger partial charge in [-0.1, -0.05) is 0 Å². The maximum atomic E-state index is 12.6. The lowest BCUT2D eigenvalue weighted by Gasteiger charge is -2.47. The number of likely N-dealkylation sites (N-methyl/N-ethyl adjacent to an activating group) is 1. The molecule has 1 heterocycles. The van der Waals surface area contributed by atoms with E-state index in [1.165, 1.54) is 24.8 Å². The van der Waals surface area contributed by atoms with Crippen LogP contribution in [-0.4, -0.2) is 42.0 Å². The molecular weight excluding hydrogens is 233 g/mol. The molecule has 0 aromatic carbocycles. The Hall–Kier alpha value is -1.49. The first-order valence-electron chi connectivity index (χ1n) is 6.11. The fourth-order valence-corrected chi connectivity index (χ4v) is 2.22. The number of halogens is 1. The molecule has 0 bridgehead atoms. The lowest BCUT2D eigenvalue weighted by molar-refractivity contribution is 0.0557. The van der Waals surface area contributed by atoms with Crippen molar-refractivity contribution < 1.29 is 9.18 Å². The minimum atomic E-state index is -0.574. The van der Waals surface area contributed by atoms with Gasteiger partial charge in [0.15, 0.2) is 0 Å². The van der Waals surface area contributed by atoms with Gasteiger partial charge in [-0.05, 0) is 45.5 Å². The van der Waals surface area contributed by atoms with E-state index in [2.05, 4.69) is 15.2 Å². The van der Waals surface area contributed by atoms with Crippen LogP contribution >= 0.6 is 0 Å². The molecule has 1 fully saturated rings. The Bertz CT molecular complexity index is 426. The van der Waals surface area contributed by atoms with E-state index >= 15 is 0 Å². The van der Waals surface area contributed by atoms with Gasteiger partial charge in [-0.15, -0.1) is 0 Å². The Morgan fingerprint density at radius 2 is 2.22 bits per heavy atom. The fourth-order valence-electron chi connectivity index (χ4n) is 2.22. The number of pyridine rings is 1. The van der Waals surface area contributed by atoms with Crippen LogP contribution < -0.4 is 5.32 Å². The third-order valence-electron chi connectivity index (χ3n) is 3.80. The first-order valence-corrected chi connectivity index (χ1v) is 6.11. The number of amides is 1. The van der Waals surface area contributed by atoms with E-state index in [0.29, 0.717) is 12.1 Å². The molecule has 1 aliphatic rings. The Labute approximate surface area is 106 Å². The van der Waals surface area contributed by atoms with Crippen molar-refractivity contribution in [1.82, 2.24) is 15.2 Å². The van der Waals surface area contributed by atoms with Gasteiger partial charge >= 0.3 is 0 Å². The third kappa shape index (κ3) is 2.51. The van der Waals surface area contributed by atoms with Crippen molar-refractivity contribution >= 4 is 5.91 Å². The van der Waals surface area contributed by atoms with Gasteiger partial charge in [0, 0.05) is 18.3 Å². The quantitative estimate of drug-likeness (QED) is 0.823. The molecule has 98 valence electrons. The van der Waals surface area contributed by atoms with Crippen molar-refractivity contribution in [2.24, 2.45) is 0 Å². The first-order chi connectivity index (χ1) is 8.53. The number of nitrogens with zero attached hydrogens (tertiary/aromatic N) is 2. The standard InChI is InChI=1S/C13H18FN3O/c1-17(2)13(6-3-7-13)9-16-12(18)10-4-5-11(14)15-8-10/h4-5,8H,3,6-7,9H2,1-2H3,(H,16,18). The average Bonchev–Trinajstić information content (AvgIpc) is 2.27. The normalized spacial score (nSPS) is 17.3. The molecule has 0 unspecified atom stereocenters. The predicted molar refractivity (Wildman–Crippen MR) is 66.8 cm³/mol. The maximum Gasteiger partial charge on any atom is 0.252 e. The van der Waals surface area contributed by atoms with Crippen LogP contribution in [0.5, 0.6) is 0 Å². The van der Waals surface area contributed by atoms with E-state index in [0.717, 1.165) is 12.8 Å². The highest BCUT2D eigenvalue weighted by atomic mass is 19.1. The monoisotopic (exact) mass is 251 g/mol. The van der Waals surface area contributed by atoms with Crippen molar-refractivity contribution in [3.05, 3.63) is 29.8 Å². The summed E-state index contributed by atoms with van der Waals surface area (Å²) in [5, 5.41) is 2.90. The van der Waals surface area contributed by atoms with Gasteiger partial charge in [0.25, 0.3) is 5.91 Å². The smallest absolute Gasteiger partial charge is 0.252 e. The number of hydrogen-bond acceptors (Lipinski definition) is 3. The number of carbonyl (C=O) groups excluding carboxylic acids is 1. The summed E-state index contributed by atoms with van der Waals surface area (Å²) in [4.78, 5) is 17.5. The zero-order chi connectivity index (χ0) is 13.2. The van der Waals surface area contributed by atoms with Crippen molar-refractivity contribution in [1.29, 1.82) is 0 Å². The molecule has 4 nitrogen and oxygen atoms in total. The van der Waals surface area contributed by atoms with Crippen molar-refractivity contribution in [3.8, 4) is 0 Å². The Morgan fingerprint density at radius 3 is 2.67 bits per heavy atom. The molecule has 0 aliphatic heterocycles. The summed E-state index contributed by atoms with van der Waals surface area (Å²) in [7, 11) is 4.07. The summed E-state index contributed by atoms with van der Waals surface area (Å²) < 4.78 is 12.6. The number of nitrogens with one attached hydrogen (secondary N) is 1. The Kier molecular flexibility index (Phi) is 3.61. The van der Waals surface area contributed by atoms with Gasteiger partial charge in [0.1, 0.15) is 0 Å². The topological polar surface area (TPSA) is 45.2 Å². The second-order valence-corrected chi connectivity index (χ2v) is 5.02. The summed E-state index contributed by atoms with van der Waals surface area (Å²) >= 11 is 0. The molecule has 0 spiro atoms. The average molecular weight is 251 g/mol. The largest absolute Gasteiger partial charge is 0.350 e. The molecule has 1 N–H and O–H groups in total. The summed E-state index contributed by atoms with van der Waals surface area (Å²) in [5.74, 6) is -0.772. The molecule has 18 heavy (non-hydrogen) atoms. The highest BCUT2D eigenvalue weighted by molar-refractivity contribution is 5.93. The molecule has 1 saturated carbocycles. The zero-order valence-corrected chi connectivity index (χ0v) is 10.7. The minimum Gasteiger partial charge on any atom is -0.350 e. The molecule has 0 saturated heterocycles. The van der Waals surface area contributed by atoms with Crippen LogP contribution in [-0.2, 0) is 0 Å². The van der Waals surface area contributed by atoms with Crippen molar-refractivity contribution in [3.63, 3.8) is 0 Å². The van der Waals surface area contributed by atoms with E-state index in [1.54, 1.807) is 0 Å². The highest BCUT2D eigenvalue weighted by Crippen LogP contribution is 2.35. The molecule has 1 aromatic rings. The lowest BCUT2D eigenvalue weighted by Crippen LogP contribution is -2.57. The summed E-state index contributed by atoms with van der Waals surface area (Å²) in [5.41, 5.74) is 0.480. The number of carbonyl (C=O) groups is 1. The second kappa shape index (κ2) is 5.02. The van der Waals surface area contributed by atoms with E-state index in [9.17, 15) is 9.18 Å². The SMILES string of the molecule is CN(C)C1(CNC(=O)c2ccc(F)nc2)CCC1. The molecule has 0 radical (unpaired) electrons. The van der Waals surface area contributed by atoms with Gasteiger partial charge in [-0.25, -0.2) is 4.98 Å². The van der Waals surface area contributed by atoms with Crippen LogP contribution in [0.2, 0.25) is 0 Å². The van der Waals surface area contributed by atoms with E-state index < -0.39 is 5.95 Å². The van der Waals surface area contributed by atoms with Crippen LogP contribution in [0.1, 0.15) is 29.6 Å². The van der Waals surface area contributed by atoms with Crippen LogP contribution in [0.4, 0.5) is 4.39 Å². The highest BCUT2D eigenvalue weighted by Gasteiger charge is 2.39. The molecule has 5 heteroatoms. The molecule has 2 rings (SSSR count). The van der Waals surface area contributed by atoms with E-state index in [-0.39, 0.29) is 11.4 Å². The zero-order valence-electron chi connectivity index (χ0n) is 10.7. The Balaban J connectivity index is 1.94. The fraction of sp³-hybridized carbons (Fsp3) is 0.538. The first kappa shape index (κ1) is 13.0. The third-order valence-corrected chi connectivity index (χ3v) is 3.80. The molecule has 1 aromatic heterocycles. The van der Waals surface area contributed by atoms with Crippen LogP contribution in [0.3, 0.4) is 0 Å². The van der Waals surface area contributed by atoms with Crippen molar-refractivity contribution in [2.45, 2.75) is 24.8 Å². The number of rotatable bonds is 4. The van der Waals surface area contributed by atoms with Crippen LogP contribution in [0, 0.1) is 5.95 Å². The van der Waals surface area contributed by atoms with Gasteiger partial charge in [-0.2, -0.15) is 4.39 Å². The van der Waals surface area contributed by atoms with Gasteiger partial charge in [0.05, 0.1) is 5.56 Å². The second-order valence-electron chi connectivity index (χ2n) is 5.02. The van der Waals surface area contributed by atoms with Crippen molar-refractivity contribution in [2.75, 3.05) is 20.6 Å². The summed E-state index contributed by atoms with van der Waals surface area (Å²) in [6, 6.07) is 2.64. The molecule has 0 atom stereocenters. The van der Waals surface area contributed by atoms with E-state index in [4.69, 9.17) is 0 Å². The lowest BCUT2D eigenvalue weighted by atomic mass is 9.75. The van der Waals surface area contributed by atoms with Gasteiger partial charge < -0.3 is 10.2 Å². The van der Waals surface area contributed by atoms with E-state index in [1.807, 2.05) is 14.1 Å². The van der Waals surface area contributed by atoms with Gasteiger partial charge in [0.2, 0.25) is 5.95 Å². The number of hydrogen-bond donors (Lipinski definition) is 1. The minimum absolute atomic E-state index is 0.0864.